The van der Waals surface area contributed by atoms with Gasteiger partial charge in [0.05, 0.1) is 8.07 Å². The summed E-state index contributed by atoms with van der Waals surface area (Å²) in [5.41, 5.74) is 7.17. The summed E-state index contributed by atoms with van der Waals surface area (Å²) in [4.78, 5) is 0. The fourth-order valence-electron chi connectivity index (χ4n) is 4.65. The lowest BCUT2D eigenvalue weighted by Crippen LogP contribution is -2.56. The van der Waals surface area contributed by atoms with Gasteiger partial charge in [0.1, 0.15) is 0 Å². The Hall–Kier alpha value is 0.354. The predicted octanol–water partition coefficient (Wildman–Crippen LogP) is 4.74. The minimum Gasteiger partial charge on any atom is -0.328 e. The second-order valence-corrected chi connectivity index (χ2v) is 20.0. The van der Waals surface area contributed by atoms with E-state index in [1.165, 1.54) is 63.5 Å². The number of rotatable bonds is 2. The van der Waals surface area contributed by atoms with Crippen LogP contribution in [0.15, 0.2) is 0 Å². The van der Waals surface area contributed by atoms with Crippen LogP contribution in [-0.4, -0.2) is 33.9 Å². The van der Waals surface area contributed by atoms with Crippen molar-refractivity contribution < 1.29 is 0 Å². The second kappa shape index (κ2) is 7.95. The first-order valence-corrected chi connectivity index (χ1v) is 16.5. The van der Waals surface area contributed by atoms with E-state index in [-0.39, 0.29) is 0 Å². The quantitative estimate of drug-likeness (QED) is 0.712. The van der Waals surface area contributed by atoms with Crippen LogP contribution < -0.4 is 11.1 Å². The lowest BCUT2D eigenvalue weighted by atomic mass is 10.1. The first kappa shape index (κ1) is 18.7. The molecule has 3 atom stereocenters. The smallest absolute Gasteiger partial charge is 0.0680 e. The van der Waals surface area contributed by atoms with Gasteiger partial charge in [0.25, 0.3) is 0 Å². The van der Waals surface area contributed by atoms with E-state index < -0.39 is 16.1 Å². The van der Waals surface area contributed by atoms with Crippen molar-refractivity contribution in [1.82, 2.24) is 5.32 Å². The van der Waals surface area contributed by atoms with Crippen LogP contribution in [0.5, 0.6) is 0 Å². The number of hydrogen-bond donors (Lipinski definition) is 2. The molecule has 2 aliphatic heterocycles. The lowest BCUT2D eigenvalue weighted by Gasteiger charge is -2.40. The molecule has 0 aromatic carbocycles. The Morgan fingerprint density at radius 3 is 2.27 bits per heavy atom. The van der Waals surface area contributed by atoms with Crippen molar-refractivity contribution in [2.45, 2.75) is 113 Å². The monoisotopic (exact) mass is 340 g/mol. The SMILES string of the molecule is C[Si]1(C)CCCCC(NC2CCCCC(N)C[Si]2(C)C)CC1. The first-order valence-electron chi connectivity index (χ1n) is 9.80. The van der Waals surface area contributed by atoms with E-state index in [0.717, 1.165) is 11.7 Å². The molecule has 130 valence electrons. The van der Waals surface area contributed by atoms with Crippen molar-refractivity contribution >= 4 is 16.1 Å². The Bertz CT molecular complexity index is 344. The summed E-state index contributed by atoms with van der Waals surface area (Å²) in [6, 6.07) is 5.66. The van der Waals surface area contributed by atoms with Crippen LogP contribution in [0.4, 0.5) is 0 Å². The predicted molar refractivity (Wildman–Crippen MR) is 105 cm³/mol. The summed E-state index contributed by atoms with van der Waals surface area (Å²) in [6.07, 6.45) is 11.2. The Morgan fingerprint density at radius 1 is 0.818 bits per heavy atom. The molecule has 0 saturated carbocycles. The van der Waals surface area contributed by atoms with E-state index in [1.807, 2.05) is 0 Å². The van der Waals surface area contributed by atoms with E-state index in [1.54, 1.807) is 6.04 Å². The number of hydrogen-bond acceptors (Lipinski definition) is 2. The highest BCUT2D eigenvalue weighted by atomic mass is 28.3. The van der Waals surface area contributed by atoms with Gasteiger partial charge in [-0.1, -0.05) is 64.0 Å². The maximum absolute atomic E-state index is 6.37. The fourth-order valence-corrected chi connectivity index (χ4v) is 10.8. The molecule has 2 nitrogen and oxygen atoms in total. The molecule has 0 bridgehead atoms. The molecule has 3 N–H and O–H groups in total. The number of nitrogens with one attached hydrogen (secondary N) is 1. The van der Waals surface area contributed by atoms with Crippen LogP contribution in [0.25, 0.3) is 0 Å². The highest BCUT2D eigenvalue weighted by Crippen LogP contribution is 2.30. The number of nitrogens with two attached hydrogens (primary N) is 1. The molecular weight excluding hydrogens is 300 g/mol. The van der Waals surface area contributed by atoms with Gasteiger partial charge in [-0.05, 0) is 31.7 Å². The first-order chi connectivity index (χ1) is 10.3. The zero-order valence-electron chi connectivity index (χ0n) is 15.6. The van der Waals surface area contributed by atoms with Crippen molar-refractivity contribution in [2.75, 3.05) is 0 Å². The van der Waals surface area contributed by atoms with Crippen LogP contribution >= 0.6 is 0 Å². The molecular formula is C18H40N2Si2. The lowest BCUT2D eigenvalue weighted by molar-refractivity contribution is 0.399. The molecule has 0 radical (unpaired) electrons. The summed E-state index contributed by atoms with van der Waals surface area (Å²) in [5, 5.41) is 4.17. The van der Waals surface area contributed by atoms with Gasteiger partial charge in [-0.25, -0.2) is 0 Å². The summed E-state index contributed by atoms with van der Waals surface area (Å²) in [6.45, 7) is 10.4. The minimum absolute atomic E-state index is 0.468. The molecule has 4 heteroatoms. The Kier molecular flexibility index (Phi) is 6.76. The Morgan fingerprint density at radius 2 is 1.50 bits per heavy atom. The van der Waals surface area contributed by atoms with E-state index in [2.05, 4.69) is 31.5 Å². The van der Waals surface area contributed by atoms with Crippen molar-refractivity contribution in [3.63, 3.8) is 0 Å². The molecule has 2 rings (SSSR count). The van der Waals surface area contributed by atoms with Crippen LogP contribution in [0.3, 0.4) is 0 Å². The average Bonchev–Trinajstić information content (AvgIpc) is 2.39. The molecule has 2 saturated heterocycles. The Balaban J connectivity index is 1.96. The summed E-state index contributed by atoms with van der Waals surface area (Å²) >= 11 is 0. The van der Waals surface area contributed by atoms with E-state index >= 15 is 0 Å². The molecule has 2 heterocycles. The molecule has 0 amide bonds. The van der Waals surface area contributed by atoms with E-state index in [9.17, 15) is 0 Å². The van der Waals surface area contributed by atoms with Crippen molar-refractivity contribution in [3.8, 4) is 0 Å². The average molecular weight is 341 g/mol. The van der Waals surface area contributed by atoms with Crippen LogP contribution in [0.2, 0.25) is 44.3 Å². The van der Waals surface area contributed by atoms with Crippen LogP contribution in [-0.2, 0) is 0 Å². The molecule has 2 aliphatic rings. The van der Waals surface area contributed by atoms with Gasteiger partial charge < -0.3 is 11.1 Å². The standard InChI is InChI=1S/C18H40N2Si2/c1-21(2)13-8-7-10-17(12-14-21)20-18-11-6-5-9-16(19)15-22(18,3)4/h16-18,20H,5-15,19H2,1-4H3. The zero-order valence-corrected chi connectivity index (χ0v) is 17.6. The van der Waals surface area contributed by atoms with Gasteiger partial charge in [-0.3, -0.25) is 0 Å². The topological polar surface area (TPSA) is 38.0 Å². The zero-order chi connectivity index (χ0) is 16.2. The van der Waals surface area contributed by atoms with Crippen molar-refractivity contribution in [3.05, 3.63) is 0 Å². The second-order valence-electron chi connectivity index (χ2n) is 9.60. The van der Waals surface area contributed by atoms with Gasteiger partial charge >= 0.3 is 0 Å². The van der Waals surface area contributed by atoms with Crippen LogP contribution in [0, 0.1) is 0 Å². The van der Waals surface area contributed by atoms with Crippen molar-refractivity contribution in [1.29, 1.82) is 0 Å². The van der Waals surface area contributed by atoms with Gasteiger partial charge in [0.2, 0.25) is 0 Å². The maximum Gasteiger partial charge on any atom is 0.0680 e. The largest absolute Gasteiger partial charge is 0.328 e. The maximum atomic E-state index is 6.37. The molecule has 3 unspecified atom stereocenters. The van der Waals surface area contributed by atoms with Crippen LogP contribution in [0.1, 0.15) is 51.4 Å². The van der Waals surface area contributed by atoms with Gasteiger partial charge in [-0.15, -0.1) is 0 Å². The van der Waals surface area contributed by atoms with Gasteiger partial charge in [0, 0.05) is 25.8 Å². The third-order valence-corrected chi connectivity index (χ3v) is 13.6. The minimum atomic E-state index is -1.24. The fraction of sp³-hybridized carbons (Fsp3) is 1.00. The van der Waals surface area contributed by atoms with E-state index in [0.29, 0.717) is 6.04 Å². The molecule has 0 spiro atoms. The molecule has 0 aromatic heterocycles. The highest BCUT2D eigenvalue weighted by molar-refractivity contribution is 6.79. The molecule has 0 aliphatic carbocycles. The summed E-state index contributed by atoms with van der Waals surface area (Å²) in [7, 11) is -2.13. The molecule has 0 aromatic rings. The molecule has 2 fully saturated rings. The normalized spacial score (nSPS) is 36.7. The van der Waals surface area contributed by atoms with Crippen molar-refractivity contribution in [2.24, 2.45) is 5.73 Å². The summed E-state index contributed by atoms with van der Waals surface area (Å²) < 4.78 is 0. The van der Waals surface area contributed by atoms with Gasteiger partial charge in [-0.2, -0.15) is 0 Å². The summed E-state index contributed by atoms with van der Waals surface area (Å²) in [5.74, 6) is 0. The molecule has 22 heavy (non-hydrogen) atoms. The third kappa shape index (κ3) is 5.77. The third-order valence-electron chi connectivity index (χ3n) is 6.31. The van der Waals surface area contributed by atoms with Gasteiger partial charge in [0.15, 0.2) is 0 Å². The van der Waals surface area contributed by atoms with E-state index in [4.69, 9.17) is 5.73 Å². The highest BCUT2D eigenvalue weighted by Gasteiger charge is 2.36. The Labute approximate surface area is 141 Å².